The third kappa shape index (κ3) is 5.16. The minimum Gasteiger partial charge on any atom is -0.481 e. The largest absolute Gasteiger partial charge is 0.481 e. The molecule has 0 N–H and O–H groups in total. The number of carbonyl (C=O) groups excluding carboxylic acids is 1. The summed E-state index contributed by atoms with van der Waals surface area (Å²) < 4.78 is 50.9. The summed E-state index contributed by atoms with van der Waals surface area (Å²) in [5.74, 6) is 0.0220. The normalized spacial score (nSPS) is 11.4. The van der Waals surface area contributed by atoms with Crippen LogP contribution in [-0.4, -0.2) is 34.5 Å². The number of hydrogen-bond acceptors (Lipinski definition) is 5. The topological polar surface area (TPSA) is 66.2 Å². The Kier molecular flexibility index (Phi) is 6.39. The van der Waals surface area contributed by atoms with E-state index in [2.05, 4.69) is 10.1 Å². The Bertz CT molecular complexity index is 997. The average Bonchev–Trinajstić information content (AvgIpc) is 3.17. The predicted octanol–water partition coefficient (Wildman–Crippen LogP) is 4.46. The van der Waals surface area contributed by atoms with Crippen LogP contribution in [0.4, 0.5) is 13.2 Å². The third-order valence-corrected chi connectivity index (χ3v) is 4.34. The van der Waals surface area contributed by atoms with Gasteiger partial charge < -0.3 is 9.47 Å². The summed E-state index contributed by atoms with van der Waals surface area (Å²) in [6.45, 7) is 1.68. The first-order valence-corrected chi connectivity index (χ1v) is 9.18. The molecule has 2 heterocycles. The summed E-state index contributed by atoms with van der Waals surface area (Å²) in [6.07, 6.45) is -1.83. The summed E-state index contributed by atoms with van der Waals surface area (Å²) in [4.78, 5) is 14.8. The van der Waals surface area contributed by atoms with E-state index in [0.29, 0.717) is 42.3 Å². The van der Waals surface area contributed by atoms with Crippen LogP contribution in [-0.2, 0) is 22.1 Å². The molecule has 3 aromatic rings. The molecule has 6 nitrogen and oxygen atoms in total. The summed E-state index contributed by atoms with van der Waals surface area (Å²) in [5, 5.41) is 3.75. The number of aromatic nitrogens is 3. The molecule has 0 saturated carbocycles. The number of pyridine rings is 1. The van der Waals surface area contributed by atoms with Gasteiger partial charge in [0.15, 0.2) is 5.69 Å². The van der Waals surface area contributed by atoms with Crippen molar-refractivity contribution in [3.8, 4) is 22.8 Å². The van der Waals surface area contributed by atoms with E-state index in [9.17, 15) is 18.0 Å². The van der Waals surface area contributed by atoms with E-state index < -0.39 is 11.9 Å². The summed E-state index contributed by atoms with van der Waals surface area (Å²) >= 11 is 0. The van der Waals surface area contributed by atoms with Crippen LogP contribution >= 0.6 is 0 Å². The number of halogens is 3. The molecule has 0 amide bonds. The molecule has 2 aromatic heterocycles. The number of carbonyl (C=O) groups is 1. The maximum Gasteiger partial charge on any atom is 0.435 e. The lowest BCUT2D eigenvalue weighted by Gasteiger charge is -2.09. The second-order valence-corrected chi connectivity index (χ2v) is 6.52. The van der Waals surface area contributed by atoms with Crippen LogP contribution in [0.3, 0.4) is 0 Å². The van der Waals surface area contributed by atoms with Gasteiger partial charge in [0, 0.05) is 18.6 Å². The van der Waals surface area contributed by atoms with Crippen LogP contribution in [0.2, 0.25) is 0 Å². The monoisotopic (exact) mass is 419 g/mol. The summed E-state index contributed by atoms with van der Waals surface area (Å²) in [7, 11) is 1.46. The molecule has 1 aromatic carbocycles. The van der Waals surface area contributed by atoms with Gasteiger partial charge in [-0.05, 0) is 30.5 Å². The number of benzene rings is 1. The van der Waals surface area contributed by atoms with Crippen LogP contribution in [0.25, 0.3) is 16.9 Å². The fourth-order valence-electron chi connectivity index (χ4n) is 2.87. The first-order valence-electron chi connectivity index (χ1n) is 9.18. The summed E-state index contributed by atoms with van der Waals surface area (Å²) in [6, 6.07) is 11.3. The number of nitrogens with zero attached hydrogens (tertiary/aromatic N) is 3. The first kappa shape index (κ1) is 21.4. The Balaban J connectivity index is 1.88. The van der Waals surface area contributed by atoms with E-state index in [1.54, 1.807) is 24.3 Å². The molecule has 0 aliphatic heterocycles. The SMILES string of the molecule is COc1ccc(-n2nc(C(F)(F)F)cc2-c2ccc(CCCOC(C)=O)cc2)cn1. The van der Waals surface area contributed by atoms with Crippen LogP contribution in [0.1, 0.15) is 24.6 Å². The van der Waals surface area contributed by atoms with Gasteiger partial charge in [0.05, 0.1) is 31.3 Å². The van der Waals surface area contributed by atoms with Crippen molar-refractivity contribution in [2.45, 2.75) is 25.9 Å². The van der Waals surface area contributed by atoms with E-state index in [1.807, 2.05) is 12.1 Å². The van der Waals surface area contributed by atoms with Crippen molar-refractivity contribution in [3.05, 3.63) is 59.9 Å². The Hall–Kier alpha value is -3.36. The fraction of sp³-hybridized carbons (Fsp3) is 0.286. The lowest BCUT2D eigenvalue weighted by Crippen LogP contribution is -2.07. The Morgan fingerprint density at radius 3 is 2.43 bits per heavy atom. The van der Waals surface area contributed by atoms with Crippen molar-refractivity contribution in [2.75, 3.05) is 13.7 Å². The standard InChI is InChI=1S/C21H20F3N3O3/c1-14(28)30-11-3-4-15-5-7-16(8-6-15)18-12-19(21(22,23)24)26-27(18)17-9-10-20(29-2)25-13-17/h5-10,12-13H,3-4,11H2,1-2H3. The minimum absolute atomic E-state index is 0.292. The second kappa shape index (κ2) is 8.98. The number of esters is 1. The van der Waals surface area contributed by atoms with Crippen molar-refractivity contribution in [1.29, 1.82) is 0 Å². The average molecular weight is 419 g/mol. The van der Waals surface area contributed by atoms with Crippen LogP contribution in [0.15, 0.2) is 48.7 Å². The predicted molar refractivity (Wildman–Crippen MR) is 103 cm³/mol. The zero-order valence-electron chi connectivity index (χ0n) is 16.4. The number of alkyl halides is 3. The van der Waals surface area contributed by atoms with Gasteiger partial charge in [-0.1, -0.05) is 24.3 Å². The van der Waals surface area contributed by atoms with Gasteiger partial charge in [-0.2, -0.15) is 18.3 Å². The van der Waals surface area contributed by atoms with Crippen LogP contribution < -0.4 is 4.74 Å². The minimum atomic E-state index is -4.57. The van der Waals surface area contributed by atoms with Crippen molar-refractivity contribution in [2.24, 2.45) is 0 Å². The van der Waals surface area contributed by atoms with Crippen molar-refractivity contribution < 1.29 is 27.4 Å². The smallest absolute Gasteiger partial charge is 0.435 e. The second-order valence-electron chi connectivity index (χ2n) is 6.52. The lowest BCUT2D eigenvalue weighted by atomic mass is 10.1. The van der Waals surface area contributed by atoms with Crippen LogP contribution in [0.5, 0.6) is 5.88 Å². The van der Waals surface area contributed by atoms with E-state index in [0.717, 1.165) is 11.6 Å². The van der Waals surface area contributed by atoms with E-state index in [1.165, 1.54) is 24.9 Å². The molecule has 0 radical (unpaired) electrons. The van der Waals surface area contributed by atoms with Crippen molar-refractivity contribution in [1.82, 2.24) is 14.8 Å². The third-order valence-electron chi connectivity index (χ3n) is 4.34. The maximum atomic E-state index is 13.3. The number of methoxy groups -OCH3 is 1. The molecule has 0 aliphatic carbocycles. The van der Waals surface area contributed by atoms with Gasteiger partial charge in [-0.15, -0.1) is 0 Å². The zero-order valence-corrected chi connectivity index (χ0v) is 16.4. The Morgan fingerprint density at radius 1 is 1.13 bits per heavy atom. The van der Waals surface area contributed by atoms with E-state index >= 15 is 0 Å². The molecule has 0 atom stereocenters. The lowest BCUT2D eigenvalue weighted by molar-refractivity contribution is -0.142. The van der Waals surface area contributed by atoms with Gasteiger partial charge >= 0.3 is 12.1 Å². The molecule has 0 unspecified atom stereocenters. The van der Waals surface area contributed by atoms with Crippen molar-refractivity contribution >= 4 is 5.97 Å². The maximum absolute atomic E-state index is 13.3. The molecule has 3 rings (SSSR count). The van der Waals surface area contributed by atoms with Gasteiger partial charge in [0.25, 0.3) is 0 Å². The highest BCUT2D eigenvalue weighted by Crippen LogP contribution is 2.33. The number of rotatable bonds is 7. The molecule has 0 bridgehead atoms. The fourth-order valence-corrected chi connectivity index (χ4v) is 2.87. The molecule has 0 fully saturated rings. The van der Waals surface area contributed by atoms with Gasteiger partial charge in [-0.25, -0.2) is 9.67 Å². The quantitative estimate of drug-likeness (QED) is 0.418. The highest BCUT2D eigenvalue weighted by atomic mass is 19.4. The highest BCUT2D eigenvalue weighted by molar-refractivity contribution is 5.66. The van der Waals surface area contributed by atoms with Crippen LogP contribution in [0, 0.1) is 0 Å². The van der Waals surface area contributed by atoms with Crippen molar-refractivity contribution in [3.63, 3.8) is 0 Å². The van der Waals surface area contributed by atoms with E-state index in [-0.39, 0.29) is 5.97 Å². The summed E-state index contributed by atoms with van der Waals surface area (Å²) in [5.41, 5.74) is 1.25. The Morgan fingerprint density at radius 2 is 1.87 bits per heavy atom. The first-order chi connectivity index (χ1) is 14.3. The molecule has 9 heteroatoms. The molecule has 0 spiro atoms. The van der Waals surface area contributed by atoms with Gasteiger partial charge in [-0.3, -0.25) is 4.79 Å². The molecular weight excluding hydrogens is 399 g/mol. The molecule has 0 aliphatic rings. The highest BCUT2D eigenvalue weighted by Gasteiger charge is 2.35. The molecule has 30 heavy (non-hydrogen) atoms. The molecule has 0 saturated heterocycles. The number of hydrogen-bond donors (Lipinski definition) is 0. The zero-order chi connectivity index (χ0) is 21.7. The number of ether oxygens (including phenoxy) is 2. The van der Waals surface area contributed by atoms with E-state index in [4.69, 9.17) is 9.47 Å². The molecule has 158 valence electrons. The van der Waals surface area contributed by atoms with Gasteiger partial charge in [0.1, 0.15) is 0 Å². The van der Waals surface area contributed by atoms with Gasteiger partial charge in [0.2, 0.25) is 5.88 Å². The Labute approximate surface area is 171 Å². The number of aryl methyl sites for hydroxylation is 1. The molecular formula is C21H20F3N3O3.